The second kappa shape index (κ2) is 4.65. The summed E-state index contributed by atoms with van der Waals surface area (Å²) in [6.45, 7) is 4.00. The van der Waals surface area contributed by atoms with Gasteiger partial charge in [-0.2, -0.15) is 5.10 Å². The molecule has 0 amide bonds. The Kier molecular flexibility index (Phi) is 3.51. The standard InChI is InChI=1S/C9H11N3.C2H6/c1-12(2)9-5-3-4-8-7(9)6-10-11-8;1-2/h3-6H,1-2H3,(H,10,11);1-2H3. The van der Waals surface area contributed by atoms with E-state index in [1.807, 2.05) is 46.3 Å². The summed E-state index contributed by atoms with van der Waals surface area (Å²) in [4.78, 5) is 2.08. The van der Waals surface area contributed by atoms with Gasteiger partial charge in [0.2, 0.25) is 0 Å². The first-order valence-corrected chi connectivity index (χ1v) is 4.88. The Bertz CT molecular complexity index is 390. The monoisotopic (exact) mass is 191 g/mol. The van der Waals surface area contributed by atoms with Gasteiger partial charge in [0.15, 0.2) is 0 Å². The van der Waals surface area contributed by atoms with E-state index in [0.717, 1.165) is 5.52 Å². The molecule has 0 bridgehead atoms. The molecule has 0 unspecified atom stereocenters. The van der Waals surface area contributed by atoms with Crippen molar-refractivity contribution in [3.05, 3.63) is 24.4 Å². The first-order chi connectivity index (χ1) is 6.79. The molecule has 0 aliphatic rings. The molecule has 0 atom stereocenters. The van der Waals surface area contributed by atoms with Gasteiger partial charge in [-0.3, -0.25) is 5.10 Å². The molecule has 3 heteroatoms. The molecule has 2 rings (SSSR count). The van der Waals surface area contributed by atoms with Crippen molar-refractivity contribution in [2.75, 3.05) is 19.0 Å². The van der Waals surface area contributed by atoms with Crippen LogP contribution in [0, 0.1) is 0 Å². The number of fused-ring (bicyclic) bond motifs is 1. The van der Waals surface area contributed by atoms with Crippen molar-refractivity contribution < 1.29 is 0 Å². The van der Waals surface area contributed by atoms with Gasteiger partial charge in [0.1, 0.15) is 0 Å². The Morgan fingerprint density at radius 1 is 1.21 bits per heavy atom. The zero-order valence-electron chi connectivity index (χ0n) is 9.20. The number of aromatic amines is 1. The van der Waals surface area contributed by atoms with Crippen LogP contribution in [0.5, 0.6) is 0 Å². The second-order valence-electron chi connectivity index (χ2n) is 3.00. The fraction of sp³-hybridized carbons (Fsp3) is 0.364. The lowest BCUT2D eigenvalue weighted by molar-refractivity contribution is 1.12. The van der Waals surface area contributed by atoms with Crippen LogP contribution in [-0.2, 0) is 0 Å². The van der Waals surface area contributed by atoms with Gasteiger partial charge < -0.3 is 4.90 Å². The third-order valence-electron chi connectivity index (χ3n) is 1.94. The Morgan fingerprint density at radius 3 is 2.57 bits per heavy atom. The Labute approximate surface area is 84.7 Å². The fourth-order valence-corrected chi connectivity index (χ4v) is 1.34. The summed E-state index contributed by atoms with van der Waals surface area (Å²) in [5.74, 6) is 0. The minimum Gasteiger partial charge on any atom is -0.377 e. The zero-order valence-corrected chi connectivity index (χ0v) is 9.20. The van der Waals surface area contributed by atoms with Crippen LogP contribution in [0.4, 0.5) is 5.69 Å². The van der Waals surface area contributed by atoms with Gasteiger partial charge in [0, 0.05) is 25.2 Å². The molecule has 0 fully saturated rings. The van der Waals surface area contributed by atoms with Crippen LogP contribution in [0.3, 0.4) is 0 Å². The van der Waals surface area contributed by atoms with Crippen molar-refractivity contribution >= 4 is 16.6 Å². The van der Waals surface area contributed by atoms with Gasteiger partial charge in [-0.25, -0.2) is 0 Å². The maximum absolute atomic E-state index is 3.99. The lowest BCUT2D eigenvalue weighted by atomic mass is 10.2. The first-order valence-electron chi connectivity index (χ1n) is 4.88. The van der Waals surface area contributed by atoms with Crippen molar-refractivity contribution in [3.8, 4) is 0 Å². The molecule has 2 aromatic rings. The van der Waals surface area contributed by atoms with Gasteiger partial charge in [0.25, 0.3) is 0 Å². The number of nitrogens with one attached hydrogen (secondary N) is 1. The third-order valence-corrected chi connectivity index (χ3v) is 1.94. The van der Waals surface area contributed by atoms with Crippen molar-refractivity contribution in [1.29, 1.82) is 0 Å². The van der Waals surface area contributed by atoms with Crippen molar-refractivity contribution in [1.82, 2.24) is 10.2 Å². The van der Waals surface area contributed by atoms with E-state index in [0.29, 0.717) is 0 Å². The highest BCUT2D eigenvalue weighted by molar-refractivity contribution is 5.91. The van der Waals surface area contributed by atoms with E-state index < -0.39 is 0 Å². The van der Waals surface area contributed by atoms with Gasteiger partial charge >= 0.3 is 0 Å². The highest BCUT2D eigenvalue weighted by Gasteiger charge is 2.02. The Hall–Kier alpha value is -1.51. The number of nitrogens with zero attached hydrogens (tertiary/aromatic N) is 2. The summed E-state index contributed by atoms with van der Waals surface area (Å²) in [6.07, 6.45) is 1.85. The molecule has 14 heavy (non-hydrogen) atoms. The van der Waals surface area contributed by atoms with Crippen LogP contribution in [0.2, 0.25) is 0 Å². The van der Waals surface area contributed by atoms with Crippen LogP contribution in [0.25, 0.3) is 10.9 Å². The molecule has 1 N–H and O–H groups in total. The van der Waals surface area contributed by atoms with E-state index in [-0.39, 0.29) is 0 Å². The molecule has 0 radical (unpaired) electrons. The number of H-pyrrole nitrogens is 1. The molecular formula is C11H17N3. The summed E-state index contributed by atoms with van der Waals surface area (Å²) >= 11 is 0. The van der Waals surface area contributed by atoms with Crippen molar-refractivity contribution in [3.63, 3.8) is 0 Å². The van der Waals surface area contributed by atoms with E-state index in [4.69, 9.17) is 0 Å². The molecule has 3 nitrogen and oxygen atoms in total. The topological polar surface area (TPSA) is 31.9 Å². The minimum absolute atomic E-state index is 1.08. The number of hydrogen-bond donors (Lipinski definition) is 1. The van der Waals surface area contributed by atoms with Crippen LogP contribution in [0.1, 0.15) is 13.8 Å². The van der Waals surface area contributed by atoms with E-state index >= 15 is 0 Å². The van der Waals surface area contributed by atoms with E-state index in [1.165, 1.54) is 11.1 Å². The normalized spacial score (nSPS) is 9.43. The number of rotatable bonds is 1. The molecule has 76 valence electrons. The summed E-state index contributed by atoms with van der Waals surface area (Å²) in [5, 5.41) is 8.10. The molecule has 0 saturated heterocycles. The van der Waals surface area contributed by atoms with Gasteiger partial charge in [-0.1, -0.05) is 19.9 Å². The highest BCUT2D eigenvalue weighted by Crippen LogP contribution is 2.22. The van der Waals surface area contributed by atoms with Crippen LogP contribution >= 0.6 is 0 Å². The number of hydrogen-bond acceptors (Lipinski definition) is 2. The maximum atomic E-state index is 3.99. The molecular weight excluding hydrogens is 174 g/mol. The predicted molar refractivity (Wildman–Crippen MR) is 61.8 cm³/mol. The number of aromatic nitrogens is 2. The Balaban J connectivity index is 0.000000461. The molecule has 0 spiro atoms. The fourth-order valence-electron chi connectivity index (χ4n) is 1.34. The molecule has 1 aromatic heterocycles. The average Bonchev–Trinajstić information content (AvgIpc) is 2.67. The van der Waals surface area contributed by atoms with Crippen molar-refractivity contribution in [2.45, 2.75) is 13.8 Å². The second-order valence-corrected chi connectivity index (χ2v) is 3.00. The smallest absolute Gasteiger partial charge is 0.0671 e. The van der Waals surface area contributed by atoms with Gasteiger partial charge in [-0.15, -0.1) is 0 Å². The lowest BCUT2D eigenvalue weighted by Gasteiger charge is -2.12. The van der Waals surface area contributed by atoms with E-state index in [9.17, 15) is 0 Å². The summed E-state index contributed by atoms with van der Waals surface area (Å²) < 4.78 is 0. The van der Waals surface area contributed by atoms with Crippen LogP contribution in [-0.4, -0.2) is 24.3 Å². The van der Waals surface area contributed by atoms with Gasteiger partial charge in [0.05, 0.1) is 11.7 Å². The summed E-state index contributed by atoms with van der Waals surface area (Å²) in [6, 6.07) is 6.13. The Morgan fingerprint density at radius 2 is 1.93 bits per heavy atom. The van der Waals surface area contributed by atoms with Crippen LogP contribution in [0.15, 0.2) is 24.4 Å². The SMILES string of the molecule is CC.CN(C)c1cccc2[nH]ncc12. The zero-order chi connectivity index (χ0) is 10.6. The molecule has 1 aromatic carbocycles. The first kappa shape index (κ1) is 10.6. The van der Waals surface area contributed by atoms with Crippen LogP contribution < -0.4 is 4.90 Å². The van der Waals surface area contributed by atoms with Crippen molar-refractivity contribution in [2.24, 2.45) is 0 Å². The predicted octanol–water partition coefficient (Wildman–Crippen LogP) is 2.66. The van der Waals surface area contributed by atoms with Gasteiger partial charge in [-0.05, 0) is 12.1 Å². The molecule has 0 saturated carbocycles. The molecule has 1 heterocycles. The average molecular weight is 191 g/mol. The summed E-state index contributed by atoms with van der Waals surface area (Å²) in [7, 11) is 4.06. The number of anilines is 1. The quantitative estimate of drug-likeness (QED) is 0.751. The maximum Gasteiger partial charge on any atom is 0.0671 e. The minimum atomic E-state index is 1.08. The largest absolute Gasteiger partial charge is 0.377 e. The lowest BCUT2D eigenvalue weighted by Crippen LogP contribution is -2.08. The third kappa shape index (κ3) is 1.87. The molecule has 0 aliphatic carbocycles. The highest BCUT2D eigenvalue weighted by atomic mass is 15.1. The van der Waals surface area contributed by atoms with E-state index in [1.54, 1.807) is 0 Å². The van der Waals surface area contributed by atoms with E-state index in [2.05, 4.69) is 21.2 Å². The number of benzene rings is 1. The molecule has 0 aliphatic heterocycles. The summed E-state index contributed by atoms with van der Waals surface area (Å²) in [5.41, 5.74) is 2.28.